The van der Waals surface area contributed by atoms with Gasteiger partial charge in [0.1, 0.15) is 10.6 Å². The van der Waals surface area contributed by atoms with Crippen LogP contribution in [0.5, 0.6) is 0 Å². The van der Waals surface area contributed by atoms with E-state index in [1.54, 1.807) is 18.4 Å². The van der Waals surface area contributed by atoms with Crippen molar-refractivity contribution in [1.29, 1.82) is 0 Å². The Bertz CT molecular complexity index is 387. The zero-order valence-electron chi connectivity index (χ0n) is 11.4. The molecule has 102 valence electrons. The van der Waals surface area contributed by atoms with Gasteiger partial charge in [0.2, 0.25) is 0 Å². The summed E-state index contributed by atoms with van der Waals surface area (Å²) < 4.78 is 11.1. The highest BCUT2D eigenvalue weighted by molar-refractivity contribution is 7.09. The summed E-state index contributed by atoms with van der Waals surface area (Å²) in [5, 5.41) is 3.09. The first-order valence-corrected chi connectivity index (χ1v) is 7.36. The van der Waals surface area contributed by atoms with Crippen LogP contribution >= 0.6 is 11.3 Å². The molecule has 4 nitrogen and oxygen atoms in total. The van der Waals surface area contributed by atoms with Crippen LogP contribution in [-0.2, 0) is 20.6 Å². The van der Waals surface area contributed by atoms with Crippen LogP contribution in [0.2, 0.25) is 0 Å². The van der Waals surface area contributed by atoms with E-state index in [0.29, 0.717) is 6.61 Å². The molecule has 1 fully saturated rings. The molecule has 1 aliphatic rings. The van der Waals surface area contributed by atoms with Crippen molar-refractivity contribution in [1.82, 2.24) is 4.98 Å². The van der Waals surface area contributed by atoms with Gasteiger partial charge in [0.25, 0.3) is 0 Å². The number of aromatic nitrogens is 1. The molecular formula is C13H22N2O2S. The van der Waals surface area contributed by atoms with Gasteiger partial charge in [-0.15, -0.1) is 11.3 Å². The highest BCUT2D eigenvalue weighted by Gasteiger charge is 2.38. The highest BCUT2D eigenvalue weighted by Crippen LogP contribution is 2.37. The fraction of sp³-hybridized carbons (Fsp3) is 0.769. The van der Waals surface area contributed by atoms with Crippen LogP contribution in [0.4, 0.5) is 0 Å². The largest absolute Gasteiger partial charge is 0.379 e. The Morgan fingerprint density at radius 3 is 2.78 bits per heavy atom. The first-order chi connectivity index (χ1) is 8.60. The molecule has 2 N–H and O–H groups in total. The van der Waals surface area contributed by atoms with Crippen LogP contribution < -0.4 is 5.73 Å². The van der Waals surface area contributed by atoms with Crippen molar-refractivity contribution in [3.63, 3.8) is 0 Å². The number of hydrogen-bond acceptors (Lipinski definition) is 5. The van der Waals surface area contributed by atoms with Crippen molar-refractivity contribution in [2.24, 2.45) is 5.73 Å². The van der Waals surface area contributed by atoms with Gasteiger partial charge in [-0.3, -0.25) is 0 Å². The Morgan fingerprint density at radius 2 is 2.28 bits per heavy atom. The summed E-state index contributed by atoms with van der Waals surface area (Å²) >= 11 is 1.64. The number of hydrogen-bond donors (Lipinski definition) is 1. The average molecular weight is 270 g/mol. The van der Waals surface area contributed by atoms with E-state index < -0.39 is 5.54 Å². The van der Waals surface area contributed by atoms with E-state index in [4.69, 9.17) is 20.2 Å². The molecule has 1 aromatic rings. The average Bonchev–Trinajstić information content (AvgIpc) is 3.02. The molecule has 1 atom stereocenters. The summed E-state index contributed by atoms with van der Waals surface area (Å²) in [6.45, 7) is 5.55. The molecule has 0 spiro atoms. The third kappa shape index (κ3) is 2.20. The van der Waals surface area contributed by atoms with Crippen molar-refractivity contribution in [2.45, 2.75) is 44.2 Å². The molecule has 0 bridgehead atoms. The number of nitrogens with two attached hydrogens (primary N) is 1. The number of nitrogens with zero attached hydrogens (tertiary/aromatic N) is 1. The molecule has 1 aromatic heterocycles. The van der Waals surface area contributed by atoms with Crippen LogP contribution in [0.1, 0.15) is 43.8 Å². The normalized spacial score (nSPS) is 24.7. The predicted molar refractivity (Wildman–Crippen MR) is 72.7 cm³/mol. The number of methoxy groups -OCH3 is 1. The maximum absolute atomic E-state index is 6.34. The van der Waals surface area contributed by atoms with Crippen molar-refractivity contribution in [3.8, 4) is 0 Å². The molecule has 18 heavy (non-hydrogen) atoms. The first kappa shape index (κ1) is 13.9. The molecule has 5 heteroatoms. The van der Waals surface area contributed by atoms with Crippen LogP contribution in [-0.4, -0.2) is 25.3 Å². The van der Waals surface area contributed by atoms with Crippen LogP contribution in [0, 0.1) is 0 Å². The summed E-state index contributed by atoms with van der Waals surface area (Å²) in [4.78, 5) is 4.74. The summed E-state index contributed by atoms with van der Waals surface area (Å²) in [5.41, 5.74) is 6.62. The molecule has 1 aliphatic heterocycles. The molecule has 0 radical (unpaired) electrons. The van der Waals surface area contributed by atoms with Gasteiger partial charge in [-0.25, -0.2) is 4.98 Å². The second-order valence-corrected chi connectivity index (χ2v) is 5.76. The van der Waals surface area contributed by atoms with Crippen molar-refractivity contribution in [3.05, 3.63) is 16.1 Å². The lowest BCUT2D eigenvalue weighted by molar-refractivity contribution is -0.0221. The zero-order chi connectivity index (χ0) is 13.2. The van der Waals surface area contributed by atoms with Crippen LogP contribution in [0.3, 0.4) is 0 Å². The van der Waals surface area contributed by atoms with Gasteiger partial charge in [-0.05, 0) is 19.3 Å². The Hall–Kier alpha value is -0.490. The minimum absolute atomic E-state index is 0.265. The number of rotatable bonds is 5. The molecule has 1 saturated heterocycles. The standard InChI is InChI=1S/C13H22N2O2S/c1-4-13(5-2,16-3)11-15-10(8-18-11)12(14)6-7-17-9-12/h8H,4-7,9,14H2,1-3H3. The van der Waals surface area contributed by atoms with E-state index in [1.807, 2.05) is 0 Å². The Balaban J connectivity index is 2.29. The minimum Gasteiger partial charge on any atom is -0.379 e. The van der Waals surface area contributed by atoms with E-state index in [9.17, 15) is 0 Å². The smallest absolute Gasteiger partial charge is 0.125 e. The maximum Gasteiger partial charge on any atom is 0.125 e. The van der Waals surface area contributed by atoms with Crippen molar-refractivity contribution < 1.29 is 9.47 Å². The molecular weight excluding hydrogens is 248 g/mol. The molecule has 0 aromatic carbocycles. The van der Waals surface area contributed by atoms with Gasteiger partial charge in [-0.2, -0.15) is 0 Å². The van der Waals surface area contributed by atoms with Crippen molar-refractivity contribution in [2.75, 3.05) is 20.3 Å². The zero-order valence-corrected chi connectivity index (χ0v) is 12.2. The second kappa shape index (κ2) is 5.25. The fourth-order valence-corrected chi connectivity index (χ4v) is 3.67. The molecule has 0 saturated carbocycles. The predicted octanol–water partition coefficient (Wildman–Crippen LogP) is 2.38. The first-order valence-electron chi connectivity index (χ1n) is 6.48. The van der Waals surface area contributed by atoms with Gasteiger partial charge in [0.15, 0.2) is 0 Å². The lowest BCUT2D eigenvalue weighted by Gasteiger charge is -2.28. The van der Waals surface area contributed by atoms with Gasteiger partial charge in [0.05, 0.1) is 17.8 Å². The van der Waals surface area contributed by atoms with Gasteiger partial charge >= 0.3 is 0 Å². The van der Waals surface area contributed by atoms with E-state index in [0.717, 1.165) is 36.6 Å². The minimum atomic E-state index is -0.407. The SMILES string of the molecule is CCC(CC)(OC)c1nc(C2(N)CCOC2)cs1. The number of thiazole rings is 1. The van der Waals surface area contributed by atoms with E-state index in [2.05, 4.69) is 19.2 Å². The van der Waals surface area contributed by atoms with E-state index in [1.165, 1.54) is 0 Å². The molecule has 2 heterocycles. The summed E-state index contributed by atoms with van der Waals surface area (Å²) in [7, 11) is 1.75. The molecule has 0 aliphatic carbocycles. The van der Waals surface area contributed by atoms with Crippen molar-refractivity contribution >= 4 is 11.3 Å². The Kier molecular flexibility index (Phi) is 4.06. The highest BCUT2D eigenvalue weighted by atomic mass is 32.1. The topological polar surface area (TPSA) is 57.4 Å². The van der Waals surface area contributed by atoms with Gasteiger partial charge in [-0.1, -0.05) is 13.8 Å². The fourth-order valence-electron chi connectivity index (χ4n) is 2.42. The quantitative estimate of drug-likeness (QED) is 0.892. The lowest BCUT2D eigenvalue weighted by Crippen LogP contribution is -2.37. The second-order valence-electron chi connectivity index (χ2n) is 4.90. The third-order valence-electron chi connectivity index (χ3n) is 3.99. The lowest BCUT2D eigenvalue weighted by atomic mass is 9.95. The van der Waals surface area contributed by atoms with E-state index >= 15 is 0 Å². The summed E-state index contributed by atoms with van der Waals surface area (Å²) in [5.74, 6) is 0. The molecule has 2 rings (SSSR count). The van der Waals surface area contributed by atoms with Crippen LogP contribution in [0.15, 0.2) is 5.38 Å². The Morgan fingerprint density at radius 1 is 1.56 bits per heavy atom. The van der Waals surface area contributed by atoms with E-state index in [-0.39, 0.29) is 5.60 Å². The van der Waals surface area contributed by atoms with Gasteiger partial charge in [0, 0.05) is 19.1 Å². The van der Waals surface area contributed by atoms with Gasteiger partial charge < -0.3 is 15.2 Å². The monoisotopic (exact) mass is 270 g/mol. The van der Waals surface area contributed by atoms with Crippen LogP contribution in [0.25, 0.3) is 0 Å². The number of ether oxygens (including phenoxy) is 2. The molecule has 0 amide bonds. The third-order valence-corrected chi connectivity index (χ3v) is 5.02. The Labute approximate surface area is 113 Å². The summed E-state index contributed by atoms with van der Waals surface area (Å²) in [6, 6.07) is 0. The maximum atomic E-state index is 6.34. The summed E-state index contributed by atoms with van der Waals surface area (Å²) in [6.07, 6.45) is 2.68. The molecule has 1 unspecified atom stereocenters.